The molecule has 0 bridgehead atoms. The Kier molecular flexibility index (Phi) is 8.05. The van der Waals surface area contributed by atoms with Crippen LogP contribution in [-0.4, -0.2) is 63.9 Å². The van der Waals surface area contributed by atoms with Gasteiger partial charge < -0.3 is 19.9 Å². The van der Waals surface area contributed by atoms with E-state index >= 15 is 0 Å². The van der Waals surface area contributed by atoms with Crippen LogP contribution in [0.3, 0.4) is 0 Å². The van der Waals surface area contributed by atoms with E-state index in [1.165, 1.54) is 29.7 Å². The highest BCUT2D eigenvalue weighted by Gasteiger charge is 2.26. The van der Waals surface area contributed by atoms with Crippen molar-refractivity contribution in [2.24, 2.45) is 12.8 Å². The number of amides is 1. The number of aromatic nitrogens is 4. The minimum absolute atomic E-state index is 0.0115. The van der Waals surface area contributed by atoms with Crippen LogP contribution in [-0.2, 0) is 24.9 Å². The molecule has 0 saturated carbocycles. The van der Waals surface area contributed by atoms with E-state index in [0.717, 1.165) is 29.5 Å². The number of fused-ring (bicyclic) bond motifs is 1. The van der Waals surface area contributed by atoms with E-state index in [1.54, 1.807) is 29.8 Å². The number of Topliss-reactive ketones (excluding diaryl/α,β-unsaturated/α-hetero) is 1. The number of nitrogens with zero attached hydrogens (tertiary/aromatic N) is 6. The fraction of sp³-hybridized carbons (Fsp3) is 0.444. The molecule has 1 aromatic carbocycles. The number of rotatable bonds is 7. The van der Waals surface area contributed by atoms with E-state index in [4.69, 9.17) is 15.5 Å². The Balaban J connectivity index is 1.80. The van der Waals surface area contributed by atoms with Crippen LogP contribution in [0.2, 0.25) is 0 Å². The number of benzene rings is 1. The number of nitrogens with two attached hydrogens (primary N) is 1. The highest BCUT2D eigenvalue weighted by Crippen LogP contribution is 2.23. The lowest BCUT2D eigenvalue weighted by molar-refractivity contribution is 0.0968. The number of ether oxygens (including phenoxy) is 1. The third-order valence-corrected chi connectivity index (χ3v) is 6.94. The van der Waals surface area contributed by atoms with Crippen molar-refractivity contribution in [1.82, 2.24) is 18.7 Å². The van der Waals surface area contributed by atoms with Crippen LogP contribution in [0.15, 0.2) is 45.5 Å². The van der Waals surface area contributed by atoms with Gasteiger partial charge in [-0.1, -0.05) is 23.8 Å². The fourth-order valence-electron chi connectivity index (χ4n) is 4.74. The molecule has 3 aromatic rings. The van der Waals surface area contributed by atoms with Gasteiger partial charge in [0.15, 0.2) is 16.9 Å². The number of imidazole rings is 1. The average molecular weight is 538 g/mol. The van der Waals surface area contributed by atoms with Crippen molar-refractivity contribution in [3.63, 3.8) is 0 Å². The molecule has 1 amide bonds. The Labute approximate surface area is 225 Å². The summed E-state index contributed by atoms with van der Waals surface area (Å²) < 4.78 is 8.78. The molecule has 1 aliphatic rings. The molecule has 0 spiro atoms. The lowest BCUT2D eigenvalue weighted by atomic mass is 10.1. The molecule has 1 aliphatic heterocycles. The van der Waals surface area contributed by atoms with Crippen molar-refractivity contribution < 1.29 is 14.3 Å². The molecule has 2 aromatic heterocycles. The zero-order valence-electron chi connectivity index (χ0n) is 23.0. The van der Waals surface area contributed by atoms with Crippen LogP contribution in [0.25, 0.3) is 11.2 Å². The lowest BCUT2D eigenvalue weighted by Crippen LogP contribution is -2.44. The van der Waals surface area contributed by atoms with Gasteiger partial charge in [-0.2, -0.15) is 4.98 Å². The summed E-state index contributed by atoms with van der Waals surface area (Å²) in [5, 5.41) is 0. The number of carbonyl (C=O) groups excluding carboxylic acids is 2. The maximum atomic E-state index is 13.8. The van der Waals surface area contributed by atoms with Crippen molar-refractivity contribution in [1.29, 1.82) is 0 Å². The van der Waals surface area contributed by atoms with Crippen LogP contribution in [0.4, 0.5) is 16.4 Å². The molecule has 208 valence electrons. The summed E-state index contributed by atoms with van der Waals surface area (Å²) in [4.78, 5) is 60.3. The van der Waals surface area contributed by atoms with Crippen molar-refractivity contribution in [2.75, 3.05) is 37.0 Å². The first-order chi connectivity index (χ1) is 18.5. The number of piperidine rings is 1. The summed E-state index contributed by atoms with van der Waals surface area (Å²) >= 11 is 0. The number of carbonyl (C=O) groups is 2. The predicted molar refractivity (Wildman–Crippen MR) is 150 cm³/mol. The Hall–Kier alpha value is -4.19. The molecule has 0 aliphatic carbocycles. The maximum absolute atomic E-state index is 13.8. The van der Waals surface area contributed by atoms with E-state index < -0.39 is 29.7 Å². The zero-order chi connectivity index (χ0) is 28.4. The molecule has 1 unspecified atom stereocenters. The molecule has 1 atom stereocenters. The second-order valence-electron chi connectivity index (χ2n) is 10.1. The second-order valence-corrected chi connectivity index (χ2v) is 10.1. The van der Waals surface area contributed by atoms with Crippen molar-refractivity contribution in [3.8, 4) is 0 Å². The lowest BCUT2D eigenvalue weighted by Gasteiger charge is -2.31. The molecule has 39 heavy (non-hydrogen) atoms. The van der Waals surface area contributed by atoms with Gasteiger partial charge in [-0.15, -0.1) is 0 Å². The maximum Gasteiger partial charge on any atom is 0.413 e. The molecular formula is C27H35N7O5. The van der Waals surface area contributed by atoms with Crippen LogP contribution in [0, 0.1) is 0 Å². The summed E-state index contributed by atoms with van der Waals surface area (Å²) in [6, 6.07) is 6.35. The number of aryl methyl sites for hydroxylation is 1. The van der Waals surface area contributed by atoms with Crippen molar-refractivity contribution in [3.05, 3.63) is 62.3 Å². The normalized spacial score (nSPS) is 15.3. The minimum Gasteiger partial charge on any atom is -0.452 e. The first-order valence-electron chi connectivity index (χ1n) is 12.8. The quantitative estimate of drug-likeness (QED) is 0.356. The SMILES string of the molecule is COC(=O)N(C)c1cccc(C(=O)Cn2c(=O)c3c(nc(N4CCCC(N)C4)n3CC=C(C)C)n(C)c2=O)c1. The van der Waals surface area contributed by atoms with E-state index in [0.29, 0.717) is 24.7 Å². The molecular weight excluding hydrogens is 502 g/mol. The van der Waals surface area contributed by atoms with Gasteiger partial charge >= 0.3 is 11.8 Å². The molecule has 1 saturated heterocycles. The number of anilines is 2. The Morgan fingerprint density at radius 3 is 2.64 bits per heavy atom. The minimum atomic E-state index is -0.641. The van der Waals surface area contributed by atoms with E-state index in [-0.39, 0.29) is 22.8 Å². The molecule has 1 fully saturated rings. The molecule has 12 nitrogen and oxygen atoms in total. The van der Waals surface area contributed by atoms with Gasteiger partial charge in [0, 0.05) is 51.0 Å². The first-order valence-corrected chi connectivity index (χ1v) is 12.8. The fourth-order valence-corrected chi connectivity index (χ4v) is 4.74. The second kappa shape index (κ2) is 11.3. The molecule has 0 radical (unpaired) electrons. The Morgan fingerprint density at radius 2 is 1.97 bits per heavy atom. The summed E-state index contributed by atoms with van der Waals surface area (Å²) in [5.41, 5.74) is 7.24. The zero-order valence-corrected chi connectivity index (χ0v) is 23.0. The Bertz CT molecular complexity index is 1560. The summed E-state index contributed by atoms with van der Waals surface area (Å²) in [6.07, 6.45) is 3.20. The van der Waals surface area contributed by atoms with Gasteiger partial charge in [-0.05, 0) is 38.8 Å². The average Bonchev–Trinajstić information content (AvgIpc) is 3.32. The summed E-state index contributed by atoms with van der Waals surface area (Å²) in [6.45, 7) is 5.17. The topological polar surface area (TPSA) is 138 Å². The molecule has 12 heteroatoms. The summed E-state index contributed by atoms with van der Waals surface area (Å²) in [7, 11) is 4.32. The van der Waals surface area contributed by atoms with E-state index in [9.17, 15) is 19.2 Å². The van der Waals surface area contributed by atoms with Crippen LogP contribution < -0.4 is 26.8 Å². The van der Waals surface area contributed by atoms with E-state index in [1.807, 2.05) is 19.9 Å². The number of methoxy groups -OCH3 is 1. The third-order valence-electron chi connectivity index (χ3n) is 6.94. The Morgan fingerprint density at radius 1 is 1.23 bits per heavy atom. The standard InChI is InChI=1S/C27H35N7O5/c1-17(2)11-13-33-22-23(29-25(33)32-12-7-9-19(28)15-32)31(4)26(37)34(24(22)36)16-21(35)18-8-6-10-20(14-18)30(3)27(38)39-5/h6,8,10-11,14,19H,7,9,12-13,15-16,28H2,1-5H3. The first kappa shape index (κ1) is 27.8. The molecule has 3 heterocycles. The smallest absolute Gasteiger partial charge is 0.413 e. The highest BCUT2D eigenvalue weighted by atomic mass is 16.5. The monoisotopic (exact) mass is 537 g/mol. The van der Waals surface area contributed by atoms with E-state index in [2.05, 4.69) is 4.90 Å². The van der Waals surface area contributed by atoms with Crippen LogP contribution >= 0.6 is 0 Å². The van der Waals surface area contributed by atoms with Crippen molar-refractivity contribution in [2.45, 2.75) is 45.8 Å². The van der Waals surface area contributed by atoms with Gasteiger partial charge in [0.25, 0.3) is 5.56 Å². The molecule has 2 N–H and O–H groups in total. The van der Waals surface area contributed by atoms with Gasteiger partial charge in [0.2, 0.25) is 5.95 Å². The number of allylic oxidation sites excluding steroid dienone is 2. The van der Waals surface area contributed by atoms with Crippen molar-refractivity contribution >= 4 is 34.7 Å². The molecule has 4 rings (SSSR count). The number of hydrogen-bond acceptors (Lipinski definition) is 8. The predicted octanol–water partition coefficient (Wildman–Crippen LogP) is 1.88. The third kappa shape index (κ3) is 5.51. The highest BCUT2D eigenvalue weighted by molar-refractivity contribution is 5.98. The van der Waals surface area contributed by atoms with Crippen LogP contribution in [0.1, 0.15) is 37.0 Å². The van der Waals surface area contributed by atoms with Gasteiger partial charge in [0.05, 0.1) is 13.7 Å². The van der Waals surface area contributed by atoms with Gasteiger partial charge in [-0.25, -0.2) is 9.59 Å². The van der Waals surface area contributed by atoms with Gasteiger partial charge in [-0.3, -0.25) is 23.6 Å². The number of hydrogen-bond donors (Lipinski definition) is 1. The van der Waals surface area contributed by atoms with Gasteiger partial charge in [0.1, 0.15) is 0 Å². The van der Waals surface area contributed by atoms with Crippen LogP contribution in [0.5, 0.6) is 0 Å². The number of ketones is 1. The summed E-state index contributed by atoms with van der Waals surface area (Å²) in [5.74, 6) is 0.124. The largest absolute Gasteiger partial charge is 0.452 e.